The van der Waals surface area contributed by atoms with E-state index in [1.165, 1.54) is 11.1 Å². The molecule has 4 rings (SSSR count). The van der Waals surface area contributed by atoms with E-state index in [4.69, 9.17) is 18.6 Å². The average molecular weight is 416 g/mol. The zero-order chi connectivity index (χ0) is 22.0. The van der Waals surface area contributed by atoms with Crippen molar-refractivity contribution < 1.29 is 18.6 Å². The molecule has 0 aliphatic heterocycles. The number of hydrogen-bond acceptors (Lipinski definition) is 5. The molecule has 0 spiro atoms. The predicted molar refractivity (Wildman–Crippen MR) is 121 cm³/mol. The van der Waals surface area contributed by atoms with Crippen molar-refractivity contribution in [2.45, 2.75) is 20.5 Å². The molecule has 0 bridgehead atoms. The van der Waals surface area contributed by atoms with E-state index in [2.05, 4.69) is 32.0 Å². The van der Waals surface area contributed by atoms with E-state index in [1.807, 2.05) is 12.1 Å². The van der Waals surface area contributed by atoms with Gasteiger partial charge in [0.15, 0.2) is 0 Å². The smallest absolute Gasteiger partial charge is 0.344 e. The van der Waals surface area contributed by atoms with Crippen LogP contribution in [0.5, 0.6) is 17.2 Å². The molecule has 0 atom stereocenters. The van der Waals surface area contributed by atoms with Crippen LogP contribution >= 0.6 is 0 Å². The highest BCUT2D eigenvalue weighted by Crippen LogP contribution is 2.33. The number of hydrogen-bond donors (Lipinski definition) is 0. The van der Waals surface area contributed by atoms with Crippen LogP contribution in [0.3, 0.4) is 0 Å². The first-order chi connectivity index (χ1) is 15.0. The van der Waals surface area contributed by atoms with Gasteiger partial charge in [-0.3, -0.25) is 0 Å². The van der Waals surface area contributed by atoms with Crippen LogP contribution in [0.1, 0.15) is 16.7 Å². The van der Waals surface area contributed by atoms with Crippen LogP contribution < -0.4 is 19.8 Å². The van der Waals surface area contributed by atoms with Gasteiger partial charge in [0, 0.05) is 17.0 Å². The molecule has 4 aromatic rings. The second-order valence-electron chi connectivity index (χ2n) is 7.43. The fourth-order valence-corrected chi connectivity index (χ4v) is 3.51. The topological polar surface area (TPSA) is 57.9 Å². The van der Waals surface area contributed by atoms with Gasteiger partial charge in [0.25, 0.3) is 0 Å². The number of aryl methyl sites for hydroxylation is 2. The van der Waals surface area contributed by atoms with Crippen LogP contribution in [0.25, 0.3) is 22.1 Å². The van der Waals surface area contributed by atoms with Gasteiger partial charge in [-0.05, 0) is 61.4 Å². The molecular weight excluding hydrogens is 392 g/mol. The van der Waals surface area contributed by atoms with Gasteiger partial charge in [-0.25, -0.2) is 4.79 Å². The third-order valence-corrected chi connectivity index (χ3v) is 5.30. The molecule has 31 heavy (non-hydrogen) atoms. The first kappa shape index (κ1) is 20.5. The molecule has 1 heterocycles. The van der Waals surface area contributed by atoms with Gasteiger partial charge < -0.3 is 18.6 Å². The number of benzene rings is 3. The van der Waals surface area contributed by atoms with Gasteiger partial charge in [0.2, 0.25) is 0 Å². The summed E-state index contributed by atoms with van der Waals surface area (Å²) in [7, 11) is 3.14. The van der Waals surface area contributed by atoms with Gasteiger partial charge in [-0.15, -0.1) is 0 Å². The summed E-state index contributed by atoms with van der Waals surface area (Å²) in [6.07, 6.45) is 0. The lowest BCUT2D eigenvalue weighted by molar-refractivity contribution is 0.305. The summed E-state index contributed by atoms with van der Waals surface area (Å²) in [5.41, 5.74) is 4.53. The number of ether oxygens (including phenoxy) is 3. The standard InChI is InChI=1S/C26H24O5/c1-16-5-6-17(2)19(11-16)15-30-21-8-7-18-12-23(26(27)31-25(18)14-21)22-13-20(28-3)9-10-24(22)29-4/h5-14H,15H2,1-4H3. The Bertz CT molecular complexity index is 1300. The van der Waals surface area contributed by atoms with E-state index in [1.54, 1.807) is 44.6 Å². The van der Waals surface area contributed by atoms with E-state index in [0.717, 1.165) is 10.9 Å². The molecule has 0 radical (unpaired) electrons. The normalized spacial score (nSPS) is 10.8. The lowest BCUT2D eigenvalue weighted by Crippen LogP contribution is -2.04. The van der Waals surface area contributed by atoms with Crippen molar-refractivity contribution in [3.8, 4) is 28.4 Å². The van der Waals surface area contributed by atoms with Gasteiger partial charge in [-0.1, -0.05) is 23.8 Å². The van der Waals surface area contributed by atoms with Crippen molar-refractivity contribution in [1.82, 2.24) is 0 Å². The molecule has 0 amide bonds. The van der Waals surface area contributed by atoms with Gasteiger partial charge in [0.1, 0.15) is 29.4 Å². The summed E-state index contributed by atoms with van der Waals surface area (Å²) >= 11 is 0. The predicted octanol–water partition coefficient (Wildman–Crippen LogP) is 5.67. The molecule has 0 fully saturated rings. The Morgan fingerprint density at radius 2 is 1.61 bits per heavy atom. The highest BCUT2D eigenvalue weighted by Gasteiger charge is 2.14. The molecule has 158 valence electrons. The summed E-state index contributed by atoms with van der Waals surface area (Å²) in [6.45, 7) is 4.57. The Balaban J connectivity index is 1.67. The Morgan fingerprint density at radius 1 is 0.806 bits per heavy atom. The Hall–Kier alpha value is -3.73. The van der Waals surface area contributed by atoms with Crippen molar-refractivity contribution >= 4 is 11.0 Å². The monoisotopic (exact) mass is 416 g/mol. The molecule has 5 heteroatoms. The molecule has 0 saturated heterocycles. The maximum atomic E-state index is 12.8. The van der Waals surface area contributed by atoms with Crippen molar-refractivity contribution in [3.63, 3.8) is 0 Å². The van der Waals surface area contributed by atoms with Crippen molar-refractivity contribution in [2.75, 3.05) is 14.2 Å². The average Bonchev–Trinajstić information content (AvgIpc) is 2.78. The second kappa shape index (κ2) is 8.56. The number of fused-ring (bicyclic) bond motifs is 1. The molecule has 5 nitrogen and oxygen atoms in total. The maximum absolute atomic E-state index is 12.8. The van der Waals surface area contributed by atoms with Crippen LogP contribution in [0.15, 0.2) is 69.9 Å². The van der Waals surface area contributed by atoms with Crippen LogP contribution in [0, 0.1) is 13.8 Å². The van der Waals surface area contributed by atoms with Crippen LogP contribution in [-0.4, -0.2) is 14.2 Å². The Kier molecular flexibility index (Phi) is 5.67. The summed E-state index contributed by atoms with van der Waals surface area (Å²) in [6, 6.07) is 18.9. The fraction of sp³-hybridized carbons (Fsp3) is 0.192. The second-order valence-corrected chi connectivity index (χ2v) is 7.43. The third kappa shape index (κ3) is 4.26. The summed E-state index contributed by atoms with van der Waals surface area (Å²) in [5.74, 6) is 1.84. The minimum Gasteiger partial charge on any atom is -0.497 e. The number of methoxy groups -OCH3 is 2. The Morgan fingerprint density at radius 3 is 2.39 bits per heavy atom. The molecule has 0 N–H and O–H groups in total. The van der Waals surface area contributed by atoms with Crippen molar-refractivity contribution in [1.29, 1.82) is 0 Å². The Labute approximate surface area is 180 Å². The first-order valence-corrected chi connectivity index (χ1v) is 9.97. The summed E-state index contributed by atoms with van der Waals surface area (Å²) in [4.78, 5) is 12.8. The molecule has 0 aliphatic rings. The van der Waals surface area contributed by atoms with E-state index in [-0.39, 0.29) is 0 Å². The highest BCUT2D eigenvalue weighted by atomic mass is 16.5. The molecule has 1 aromatic heterocycles. The van der Waals surface area contributed by atoms with E-state index < -0.39 is 5.63 Å². The minimum absolute atomic E-state index is 0.410. The highest BCUT2D eigenvalue weighted by molar-refractivity contribution is 5.84. The maximum Gasteiger partial charge on any atom is 0.344 e. The van der Waals surface area contributed by atoms with E-state index in [9.17, 15) is 4.79 Å². The van der Waals surface area contributed by atoms with Gasteiger partial charge in [0.05, 0.1) is 19.8 Å². The lowest BCUT2D eigenvalue weighted by Gasteiger charge is -2.12. The zero-order valence-electron chi connectivity index (χ0n) is 18.0. The van der Waals surface area contributed by atoms with E-state index in [0.29, 0.717) is 40.6 Å². The van der Waals surface area contributed by atoms with Crippen LogP contribution in [0.2, 0.25) is 0 Å². The summed E-state index contributed by atoms with van der Waals surface area (Å²) in [5, 5.41) is 0.790. The molecular formula is C26H24O5. The van der Waals surface area contributed by atoms with Crippen LogP contribution in [0.4, 0.5) is 0 Å². The van der Waals surface area contributed by atoms with E-state index >= 15 is 0 Å². The molecule has 0 saturated carbocycles. The lowest BCUT2D eigenvalue weighted by atomic mass is 10.0. The minimum atomic E-state index is -0.453. The SMILES string of the molecule is COc1ccc(OC)c(-c2cc3ccc(OCc4cc(C)ccc4C)cc3oc2=O)c1. The fourth-order valence-electron chi connectivity index (χ4n) is 3.51. The third-order valence-electron chi connectivity index (χ3n) is 5.30. The molecule has 3 aromatic carbocycles. The zero-order valence-corrected chi connectivity index (χ0v) is 18.0. The molecule has 0 aliphatic carbocycles. The van der Waals surface area contributed by atoms with Gasteiger partial charge in [-0.2, -0.15) is 0 Å². The quantitative estimate of drug-likeness (QED) is 0.379. The summed E-state index contributed by atoms with van der Waals surface area (Å²) < 4.78 is 22.3. The first-order valence-electron chi connectivity index (χ1n) is 9.97. The van der Waals surface area contributed by atoms with Crippen LogP contribution in [-0.2, 0) is 6.61 Å². The van der Waals surface area contributed by atoms with Gasteiger partial charge >= 0.3 is 5.63 Å². The largest absolute Gasteiger partial charge is 0.497 e. The molecule has 0 unspecified atom stereocenters. The number of rotatable bonds is 6. The van der Waals surface area contributed by atoms with Crippen molar-refractivity contribution in [2.24, 2.45) is 0 Å². The van der Waals surface area contributed by atoms with Crippen molar-refractivity contribution in [3.05, 3.63) is 87.8 Å².